The van der Waals surface area contributed by atoms with Gasteiger partial charge in [-0.15, -0.1) is 0 Å². The summed E-state index contributed by atoms with van der Waals surface area (Å²) < 4.78 is 0. The minimum atomic E-state index is -0.905. The Morgan fingerprint density at radius 3 is 2.44 bits per heavy atom. The van der Waals surface area contributed by atoms with Crippen molar-refractivity contribution in [3.8, 4) is 0 Å². The summed E-state index contributed by atoms with van der Waals surface area (Å²) in [6.07, 6.45) is 5.95. The molecule has 5 heteroatoms. The average molecular weight is 254 g/mol. The number of rotatable bonds is 7. The van der Waals surface area contributed by atoms with Crippen molar-refractivity contribution < 1.29 is 14.7 Å². The molecule has 0 aliphatic heterocycles. The second-order valence-corrected chi connectivity index (χ2v) is 5.38. The van der Waals surface area contributed by atoms with Gasteiger partial charge in [0.2, 0.25) is 0 Å². The molecule has 0 aromatic carbocycles. The molecule has 0 aromatic heterocycles. The number of carboxylic acid groups (broad SMARTS) is 1. The van der Waals surface area contributed by atoms with Crippen LogP contribution in [0.2, 0.25) is 0 Å². The number of urea groups is 1. The van der Waals surface area contributed by atoms with Crippen molar-refractivity contribution in [1.29, 1.82) is 0 Å². The topological polar surface area (TPSA) is 69.6 Å². The minimum Gasteiger partial charge on any atom is -0.480 e. The van der Waals surface area contributed by atoms with E-state index in [9.17, 15) is 9.59 Å². The molecule has 2 fully saturated rings. The smallest absolute Gasteiger partial charge is 0.326 e. The zero-order valence-electron chi connectivity index (χ0n) is 10.9. The van der Waals surface area contributed by atoms with Gasteiger partial charge in [0.1, 0.15) is 6.04 Å². The predicted molar refractivity (Wildman–Crippen MR) is 67.3 cm³/mol. The van der Waals surface area contributed by atoms with Crippen LogP contribution in [0.25, 0.3) is 0 Å². The van der Waals surface area contributed by atoms with Crippen LogP contribution in [0.15, 0.2) is 0 Å². The van der Waals surface area contributed by atoms with Crippen LogP contribution >= 0.6 is 0 Å². The van der Waals surface area contributed by atoms with Crippen LogP contribution in [0.5, 0.6) is 0 Å². The van der Waals surface area contributed by atoms with E-state index in [1.807, 2.05) is 4.90 Å². The number of carboxylic acids is 1. The maximum atomic E-state index is 12.1. The van der Waals surface area contributed by atoms with Crippen molar-refractivity contribution in [2.24, 2.45) is 5.92 Å². The number of nitrogens with one attached hydrogen (secondary N) is 1. The molecule has 2 amide bonds. The van der Waals surface area contributed by atoms with E-state index in [2.05, 4.69) is 12.2 Å². The molecule has 0 bridgehead atoms. The molecule has 2 N–H and O–H groups in total. The Morgan fingerprint density at radius 1 is 1.33 bits per heavy atom. The summed E-state index contributed by atoms with van der Waals surface area (Å²) in [7, 11) is 0. The Kier molecular flexibility index (Phi) is 4.09. The highest BCUT2D eigenvalue weighted by atomic mass is 16.4. The molecule has 0 heterocycles. The third-order valence-electron chi connectivity index (χ3n) is 3.64. The molecule has 2 rings (SSSR count). The largest absolute Gasteiger partial charge is 0.480 e. The first kappa shape index (κ1) is 13.2. The quantitative estimate of drug-likeness (QED) is 0.728. The van der Waals surface area contributed by atoms with Gasteiger partial charge < -0.3 is 15.3 Å². The molecule has 5 nitrogen and oxygen atoms in total. The second-order valence-electron chi connectivity index (χ2n) is 5.38. The molecule has 0 radical (unpaired) electrons. The zero-order valence-corrected chi connectivity index (χ0v) is 10.9. The summed E-state index contributed by atoms with van der Waals surface area (Å²) >= 11 is 0. The van der Waals surface area contributed by atoms with E-state index in [0.29, 0.717) is 6.04 Å². The Bertz CT molecular complexity index is 324. The number of aliphatic carboxylic acids is 1. The molecule has 2 aliphatic rings. The van der Waals surface area contributed by atoms with Crippen molar-refractivity contribution >= 4 is 12.0 Å². The van der Waals surface area contributed by atoms with Crippen LogP contribution < -0.4 is 5.32 Å². The molecule has 18 heavy (non-hydrogen) atoms. The Balaban J connectivity index is 1.88. The standard InChI is InChI=1S/C13H22N2O3/c1-2-3-8-15(10-6-7-10)13(18)14-11(12(16)17)9-4-5-9/h9-11H,2-8H2,1H3,(H,14,18)(H,16,17). The molecular weight excluding hydrogens is 232 g/mol. The summed E-state index contributed by atoms with van der Waals surface area (Å²) in [5.41, 5.74) is 0. The van der Waals surface area contributed by atoms with E-state index in [4.69, 9.17) is 5.11 Å². The van der Waals surface area contributed by atoms with Gasteiger partial charge in [0.25, 0.3) is 0 Å². The first-order chi connectivity index (χ1) is 8.63. The number of carbonyl (C=O) groups is 2. The fourth-order valence-electron chi connectivity index (χ4n) is 2.19. The van der Waals surface area contributed by atoms with Crippen molar-refractivity contribution in [3.63, 3.8) is 0 Å². The van der Waals surface area contributed by atoms with E-state index in [-0.39, 0.29) is 11.9 Å². The van der Waals surface area contributed by atoms with Crippen molar-refractivity contribution in [2.45, 2.75) is 57.5 Å². The molecule has 102 valence electrons. The van der Waals surface area contributed by atoms with Gasteiger partial charge in [-0.25, -0.2) is 9.59 Å². The lowest BCUT2D eigenvalue weighted by Gasteiger charge is -2.25. The monoisotopic (exact) mass is 254 g/mol. The summed E-state index contributed by atoms with van der Waals surface area (Å²) in [5.74, 6) is -0.768. The fourth-order valence-corrected chi connectivity index (χ4v) is 2.19. The van der Waals surface area contributed by atoms with E-state index in [1.54, 1.807) is 0 Å². The number of nitrogens with zero attached hydrogens (tertiary/aromatic N) is 1. The van der Waals surface area contributed by atoms with Gasteiger partial charge in [0.05, 0.1) is 0 Å². The summed E-state index contributed by atoms with van der Waals surface area (Å²) in [5, 5.41) is 11.8. The fraction of sp³-hybridized carbons (Fsp3) is 0.846. The number of carbonyl (C=O) groups excluding carboxylic acids is 1. The third kappa shape index (κ3) is 3.37. The number of hydrogen-bond acceptors (Lipinski definition) is 2. The highest BCUT2D eigenvalue weighted by molar-refractivity contribution is 5.83. The SMILES string of the molecule is CCCCN(C(=O)NC(C(=O)O)C1CC1)C1CC1. The number of hydrogen-bond donors (Lipinski definition) is 2. The van der Waals surface area contributed by atoms with Gasteiger partial charge in [0.15, 0.2) is 0 Å². The molecule has 1 unspecified atom stereocenters. The van der Waals surface area contributed by atoms with Crippen LogP contribution in [0.1, 0.15) is 45.4 Å². The first-order valence-electron chi connectivity index (χ1n) is 6.93. The maximum Gasteiger partial charge on any atom is 0.326 e. The first-order valence-corrected chi connectivity index (χ1v) is 6.93. The second kappa shape index (κ2) is 5.59. The highest BCUT2D eigenvalue weighted by Crippen LogP contribution is 2.33. The number of amides is 2. The molecule has 0 saturated heterocycles. The molecule has 2 saturated carbocycles. The molecule has 0 spiro atoms. The normalized spacial score (nSPS) is 20.3. The van der Waals surface area contributed by atoms with Crippen LogP contribution in [0, 0.1) is 5.92 Å². The lowest BCUT2D eigenvalue weighted by atomic mass is 10.2. The maximum absolute atomic E-state index is 12.1. The van der Waals surface area contributed by atoms with Crippen LogP contribution in [0.4, 0.5) is 4.79 Å². The Labute approximate surface area is 108 Å². The van der Waals surface area contributed by atoms with E-state index in [1.165, 1.54) is 0 Å². The van der Waals surface area contributed by atoms with Gasteiger partial charge in [-0.2, -0.15) is 0 Å². The molecule has 0 aromatic rings. The third-order valence-corrected chi connectivity index (χ3v) is 3.64. The Morgan fingerprint density at radius 2 is 2.00 bits per heavy atom. The minimum absolute atomic E-state index is 0.138. The summed E-state index contributed by atoms with van der Waals surface area (Å²) in [6.45, 7) is 2.83. The summed E-state index contributed by atoms with van der Waals surface area (Å²) in [6, 6.07) is -0.546. The summed E-state index contributed by atoms with van der Waals surface area (Å²) in [4.78, 5) is 25.1. The van der Waals surface area contributed by atoms with Gasteiger partial charge in [-0.05, 0) is 38.0 Å². The van der Waals surface area contributed by atoms with E-state index < -0.39 is 12.0 Å². The van der Waals surface area contributed by atoms with Crippen LogP contribution in [-0.4, -0.2) is 40.6 Å². The van der Waals surface area contributed by atoms with Crippen molar-refractivity contribution in [3.05, 3.63) is 0 Å². The average Bonchev–Trinajstić information content (AvgIpc) is 3.16. The van der Waals surface area contributed by atoms with Crippen molar-refractivity contribution in [2.75, 3.05) is 6.54 Å². The van der Waals surface area contributed by atoms with Gasteiger partial charge in [-0.1, -0.05) is 13.3 Å². The molecule has 2 aliphatic carbocycles. The highest BCUT2D eigenvalue weighted by Gasteiger charge is 2.40. The lowest BCUT2D eigenvalue weighted by Crippen LogP contribution is -2.50. The predicted octanol–water partition coefficient (Wildman–Crippen LogP) is 1.82. The van der Waals surface area contributed by atoms with Crippen molar-refractivity contribution in [1.82, 2.24) is 10.2 Å². The van der Waals surface area contributed by atoms with Gasteiger partial charge in [0, 0.05) is 12.6 Å². The van der Waals surface area contributed by atoms with E-state index in [0.717, 1.165) is 45.1 Å². The molecule has 1 atom stereocenters. The van der Waals surface area contributed by atoms with Gasteiger partial charge in [-0.3, -0.25) is 0 Å². The van der Waals surface area contributed by atoms with E-state index >= 15 is 0 Å². The van der Waals surface area contributed by atoms with Crippen LogP contribution in [-0.2, 0) is 4.79 Å². The lowest BCUT2D eigenvalue weighted by molar-refractivity contribution is -0.139. The number of unbranched alkanes of at least 4 members (excludes halogenated alkanes) is 1. The molecular formula is C13H22N2O3. The van der Waals surface area contributed by atoms with Crippen LogP contribution in [0.3, 0.4) is 0 Å². The zero-order chi connectivity index (χ0) is 13.1. The van der Waals surface area contributed by atoms with Gasteiger partial charge >= 0.3 is 12.0 Å². The Hall–Kier alpha value is -1.26.